The molecule has 1 amide bonds. The van der Waals surface area contributed by atoms with Gasteiger partial charge in [-0.2, -0.15) is 18.3 Å². The largest absolute Gasteiger partial charge is 0.436 e. The number of ether oxygens (including phenoxy) is 1. The molecule has 1 aliphatic heterocycles. The second-order valence-electron chi connectivity index (χ2n) is 5.70. The minimum absolute atomic E-state index is 0.111. The number of amides is 1. The van der Waals surface area contributed by atoms with Crippen molar-refractivity contribution in [3.63, 3.8) is 0 Å². The summed E-state index contributed by atoms with van der Waals surface area (Å²) in [4.78, 5) is 12.4. The molecule has 0 spiro atoms. The molecule has 0 atom stereocenters. The number of benzene rings is 1. The molecule has 0 saturated carbocycles. The first-order valence-corrected chi connectivity index (χ1v) is 8.24. The highest BCUT2D eigenvalue weighted by Crippen LogP contribution is 2.33. The molecule has 0 unspecified atom stereocenters. The first-order valence-electron chi connectivity index (χ1n) is 7.87. The molecule has 2 heterocycles. The van der Waals surface area contributed by atoms with E-state index in [1.54, 1.807) is 24.3 Å². The van der Waals surface area contributed by atoms with Crippen LogP contribution in [0.25, 0.3) is 0 Å². The Kier molecular flexibility index (Phi) is 5.49. The number of alkyl halides is 3. The number of nitrogens with zero attached hydrogens (tertiary/aromatic N) is 3. The highest BCUT2D eigenvalue weighted by atomic mass is 35.5. The number of aromatic nitrogens is 2. The van der Waals surface area contributed by atoms with Gasteiger partial charge in [0.05, 0.1) is 31.3 Å². The third-order valence-electron chi connectivity index (χ3n) is 3.78. The zero-order valence-corrected chi connectivity index (χ0v) is 14.3. The fourth-order valence-corrected chi connectivity index (χ4v) is 2.79. The molecule has 6 nitrogen and oxygen atoms in total. The van der Waals surface area contributed by atoms with Crippen LogP contribution in [0, 0.1) is 0 Å². The Morgan fingerprint density at radius 3 is 2.65 bits per heavy atom. The van der Waals surface area contributed by atoms with Crippen LogP contribution in [-0.2, 0) is 17.5 Å². The molecule has 140 valence electrons. The van der Waals surface area contributed by atoms with Gasteiger partial charge >= 0.3 is 6.18 Å². The molecule has 0 aliphatic carbocycles. The Balaban J connectivity index is 1.69. The van der Waals surface area contributed by atoms with Crippen LogP contribution in [0.4, 0.5) is 13.2 Å². The number of carbonyl (C=O) groups excluding carboxylic acids is 1. The number of hydrogen-bond donors (Lipinski definition) is 1. The van der Waals surface area contributed by atoms with Crippen LogP contribution in [0.1, 0.15) is 21.6 Å². The predicted octanol–water partition coefficient (Wildman–Crippen LogP) is 2.58. The Labute approximate surface area is 152 Å². The Morgan fingerprint density at radius 2 is 2.00 bits per heavy atom. The quantitative estimate of drug-likeness (QED) is 0.878. The van der Waals surface area contributed by atoms with Crippen LogP contribution < -0.4 is 5.43 Å². The monoisotopic (exact) mass is 388 g/mol. The van der Waals surface area contributed by atoms with E-state index in [0.29, 0.717) is 37.4 Å². The fourth-order valence-electron chi connectivity index (χ4n) is 2.53. The van der Waals surface area contributed by atoms with Crippen LogP contribution in [0.3, 0.4) is 0 Å². The van der Waals surface area contributed by atoms with Gasteiger partial charge < -0.3 is 4.74 Å². The van der Waals surface area contributed by atoms with Crippen LogP contribution in [0.15, 0.2) is 30.5 Å². The first kappa shape index (κ1) is 18.7. The standard InChI is InChI=1S/C16H16ClF3N4O2/c17-13-10-23(22-14(13)16(18,19)20)9-11-1-3-12(4-2-11)15(25)24-6-8-26-7-5-21-24/h1-4,10,21H,5-9H2. The highest BCUT2D eigenvalue weighted by molar-refractivity contribution is 6.31. The van der Waals surface area contributed by atoms with E-state index in [9.17, 15) is 18.0 Å². The molecule has 2 aromatic rings. The lowest BCUT2D eigenvalue weighted by atomic mass is 10.1. The van der Waals surface area contributed by atoms with Crippen LogP contribution in [0.2, 0.25) is 5.02 Å². The summed E-state index contributed by atoms with van der Waals surface area (Å²) in [5, 5.41) is 4.52. The normalized spacial score (nSPS) is 15.8. The average Bonchev–Trinajstić information content (AvgIpc) is 2.81. The van der Waals surface area contributed by atoms with Crippen LogP contribution in [-0.4, -0.2) is 47.0 Å². The second kappa shape index (κ2) is 7.65. The molecule has 1 aromatic carbocycles. The zero-order valence-electron chi connectivity index (χ0n) is 13.6. The molecular formula is C16H16ClF3N4O2. The summed E-state index contributed by atoms with van der Waals surface area (Å²) in [6.45, 7) is 2.09. The van der Waals surface area contributed by atoms with Gasteiger partial charge in [0.2, 0.25) is 0 Å². The summed E-state index contributed by atoms with van der Waals surface area (Å²) >= 11 is 5.59. The molecule has 26 heavy (non-hydrogen) atoms. The molecule has 1 fully saturated rings. The molecule has 1 saturated heterocycles. The maximum atomic E-state index is 12.7. The number of hydrogen-bond acceptors (Lipinski definition) is 4. The van der Waals surface area contributed by atoms with Crippen molar-refractivity contribution in [1.82, 2.24) is 20.2 Å². The van der Waals surface area contributed by atoms with Crippen molar-refractivity contribution in [2.24, 2.45) is 0 Å². The lowest BCUT2D eigenvalue weighted by Crippen LogP contribution is -2.43. The van der Waals surface area contributed by atoms with Gasteiger partial charge in [-0.1, -0.05) is 23.7 Å². The van der Waals surface area contributed by atoms with Gasteiger partial charge in [0.25, 0.3) is 5.91 Å². The van der Waals surface area contributed by atoms with Crippen molar-refractivity contribution in [3.8, 4) is 0 Å². The van der Waals surface area contributed by atoms with E-state index < -0.39 is 16.9 Å². The van der Waals surface area contributed by atoms with Gasteiger partial charge in [0, 0.05) is 18.3 Å². The fraction of sp³-hybridized carbons (Fsp3) is 0.375. The molecule has 1 aromatic heterocycles. The van der Waals surface area contributed by atoms with Gasteiger partial charge in [-0.05, 0) is 17.7 Å². The van der Waals surface area contributed by atoms with Gasteiger partial charge in [-0.15, -0.1) is 0 Å². The zero-order chi connectivity index (χ0) is 18.7. The minimum atomic E-state index is -4.59. The number of rotatable bonds is 3. The molecule has 1 N–H and O–H groups in total. The Morgan fingerprint density at radius 1 is 1.27 bits per heavy atom. The van der Waals surface area contributed by atoms with Crippen molar-refractivity contribution in [2.75, 3.05) is 26.3 Å². The lowest BCUT2D eigenvalue weighted by Gasteiger charge is -2.20. The van der Waals surface area contributed by atoms with Gasteiger partial charge in [0.15, 0.2) is 5.69 Å². The minimum Gasteiger partial charge on any atom is -0.378 e. The van der Waals surface area contributed by atoms with Gasteiger partial charge in [-0.25, -0.2) is 5.43 Å². The first-order chi connectivity index (χ1) is 12.3. The van der Waals surface area contributed by atoms with E-state index in [1.165, 1.54) is 5.01 Å². The summed E-state index contributed by atoms with van der Waals surface area (Å²) in [6.07, 6.45) is -3.47. The SMILES string of the molecule is O=C(c1ccc(Cn2cc(Cl)c(C(F)(F)F)n2)cc1)N1CCOCCN1. The van der Waals surface area contributed by atoms with Crippen molar-refractivity contribution >= 4 is 17.5 Å². The summed E-state index contributed by atoms with van der Waals surface area (Å²) < 4.78 is 44.6. The smallest absolute Gasteiger partial charge is 0.378 e. The highest BCUT2D eigenvalue weighted by Gasteiger charge is 2.36. The van der Waals surface area contributed by atoms with Crippen LogP contribution >= 0.6 is 11.6 Å². The number of nitrogens with one attached hydrogen (secondary N) is 1. The van der Waals surface area contributed by atoms with E-state index in [2.05, 4.69) is 10.5 Å². The van der Waals surface area contributed by atoms with Crippen LogP contribution in [0.5, 0.6) is 0 Å². The number of carbonyl (C=O) groups is 1. The van der Waals surface area contributed by atoms with Crippen molar-refractivity contribution in [3.05, 3.63) is 52.3 Å². The molecule has 1 aliphatic rings. The molecule has 3 rings (SSSR count). The Bertz CT molecular complexity index is 769. The third-order valence-corrected chi connectivity index (χ3v) is 4.06. The summed E-state index contributed by atoms with van der Waals surface area (Å²) in [5.74, 6) is -0.191. The van der Waals surface area contributed by atoms with E-state index in [1.807, 2.05) is 0 Å². The average molecular weight is 389 g/mol. The number of halogens is 4. The molecular weight excluding hydrogens is 373 g/mol. The van der Waals surface area contributed by atoms with Crippen molar-refractivity contribution < 1.29 is 22.7 Å². The maximum absolute atomic E-state index is 12.7. The second-order valence-corrected chi connectivity index (χ2v) is 6.10. The summed E-state index contributed by atoms with van der Waals surface area (Å²) in [7, 11) is 0. The lowest BCUT2D eigenvalue weighted by molar-refractivity contribution is -0.141. The van der Waals surface area contributed by atoms with Crippen molar-refractivity contribution in [2.45, 2.75) is 12.7 Å². The molecule has 0 bridgehead atoms. The van der Waals surface area contributed by atoms with Gasteiger partial charge in [0.1, 0.15) is 0 Å². The van der Waals surface area contributed by atoms with E-state index in [0.717, 1.165) is 10.9 Å². The topological polar surface area (TPSA) is 59.4 Å². The van der Waals surface area contributed by atoms with Gasteiger partial charge in [-0.3, -0.25) is 14.5 Å². The van der Waals surface area contributed by atoms with E-state index in [4.69, 9.17) is 16.3 Å². The molecule has 10 heteroatoms. The maximum Gasteiger partial charge on any atom is 0.436 e. The third kappa shape index (κ3) is 4.35. The number of hydrazine groups is 1. The van der Waals surface area contributed by atoms with E-state index in [-0.39, 0.29) is 12.5 Å². The molecule has 0 radical (unpaired) electrons. The van der Waals surface area contributed by atoms with Crippen molar-refractivity contribution in [1.29, 1.82) is 0 Å². The summed E-state index contributed by atoms with van der Waals surface area (Å²) in [5.41, 5.74) is 3.04. The Hall–Kier alpha value is -2.10. The predicted molar refractivity (Wildman–Crippen MR) is 87.6 cm³/mol. The summed E-state index contributed by atoms with van der Waals surface area (Å²) in [6, 6.07) is 6.59. The van der Waals surface area contributed by atoms with E-state index >= 15 is 0 Å².